The van der Waals surface area contributed by atoms with E-state index < -0.39 is 6.04 Å². The quantitative estimate of drug-likeness (QED) is 0.263. The first-order chi connectivity index (χ1) is 18.0. The number of hydrazine groups is 1. The molecule has 0 radical (unpaired) electrons. The number of hydrogen-bond acceptors (Lipinski definition) is 4. The van der Waals surface area contributed by atoms with Gasteiger partial charge in [0.25, 0.3) is 11.5 Å². The first-order valence-electron chi connectivity index (χ1n) is 11.8. The second-order valence-electron chi connectivity index (χ2n) is 8.90. The maximum atomic E-state index is 13.7. The Morgan fingerprint density at radius 3 is 2.49 bits per heavy atom. The van der Waals surface area contributed by atoms with Crippen molar-refractivity contribution in [2.45, 2.75) is 13.0 Å². The highest BCUT2D eigenvalue weighted by Gasteiger charge is 2.35. The number of halogens is 1. The maximum Gasteiger partial charge on any atom is 0.273 e. The Bertz CT molecular complexity index is 1720. The second-order valence-corrected chi connectivity index (χ2v) is 9.82. The Morgan fingerprint density at radius 1 is 0.946 bits per heavy atom. The molecule has 0 unspecified atom stereocenters. The van der Waals surface area contributed by atoms with E-state index in [1.807, 2.05) is 85.8 Å². The van der Waals surface area contributed by atoms with Crippen molar-refractivity contribution in [3.63, 3.8) is 0 Å². The number of hydrogen-bond donors (Lipinski definition) is 2. The first-order valence-corrected chi connectivity index (χ1v) is 12.6. The fraction of sp³-hybridized carbons (Fsp3) is 0.0667. The molecule has 0 aliphatic carbocycles. The molecule has 182 valence electrons. The van der Waals surface area contributed by atoms with Crippen molar-refractivity contribution < 1.29 is 9.21 Å². The molecule has 0 spiro atoms. The third-order valence-corrected chi connectivity index (χ3v) is 7.07. The van der Waals surface area contributed by atoms with E-state index in [2.05, 4.69) is 26.3 Å². The van der Waals surface area contributed by atoms with Crippen molar-refractivity contribution in [2.75, 3.05) is 0 Å². The van der Waals surface area contributed by atoms with Crippen LogP contribution in [0.2, 0.25) is 0 Å². The van der Waals surface area contributed by atoms with Gasteiger partial charge in [0, 0.05) is 26.5 Å². The SMILES string of the molecule is Cc1ccccc1C(=O)N1NC(c2c(-c3ccccc3)c3cc(Br)ccc3[nH]c2=O)=C[C@@H]1c1ccco1. The van der Waals surface area contributed by atoms with Gasteiger partial charge in [-0.15, -0.1) is 0 Å². The molecule has 1 aliphatic heterocycles. The van der Waals surface area contributed by atoms with Crippen LogP contribution in [0.5, 0.6) is 0 Å². The summed E-state index contributed by atoms with van der Waals surface area (Å²) in [6, 6.07) is 26.1. The van der Waals surface area contributed by atoms with Crippen LogP contribution in [0, 0.1) is 6.92 Å². The minimum atomic E-state index is -0.543. The van der Waals surface area contributed by atoms with Crippen LogP contribution in [-0.2, 0) is 0 Å². The van der Waals surface area contributed by atoms with E-state index in [0.29, 0.717) is 22.6 Å². The van der Waals surface area contributed by atoms with Gasteiger partial charge in [-0.05, 0) is 60.5 Å². The number of benzene rings is 3. The Balaban J connectivity index is 1.56. The van der Waals surface area contributed by atoms with E-state index >= 15 is 0 Å². The summed E-state index contributed by atoms with van der Waals surface area (Å²) in [6.07, 6.45) is 3.45. The number of carbonyl (C=O) groups is 1. The number of carbonyl (C=O) groups excluding carboxylic acids is 1. The van der Waals surface area contributed by atoms with Gasteiger partial charge >= 0.3 is 0 Å². The lowest BCUT2D eigenvalue weighted by molar-refractivity contribution is 0.0654. The average molecular weight is 552 g/mol. The highest BCUT2D eigenvalue weighted by molar-refractivity contribution is 9.10. The lowest BCUT2D eigenvalue weighted by atomic mass is 9.94. The summed E-state index contributed by atoms with van der Waals surface area (Å²) in [4.78, 5) is 30.4. The smallest absolute Gasteiger partial charge is 0.273 e. The number of aromatic nitrogens is 1. The van der Waals surface area contributed by atoms with E-state index in [1.165, 1.54) is 5.01 Å². The monoisotopic (exact) mass is 551 g/mol. The van der Waals surface area contributed by atoms with Crippen molar-refractivity contribution in [2.24, 2.45) is 0 Å². The molecule has 6 nitrogen and oxygen atoms in total. The van der Waals surface area contributed by atoms with Crippen LogP contribution in [0.15, 0.2) is 111 Å². The van der Waals surface area contributed by atoms with Gasteiger partial charge in [0.1, 0.15) is 11.8 Å². The molecule has 1 aliphatic rings. The molecule has 0 bridgehead atoms. The number of aromatic amines is 1. The average Bonchev–Trinajstić information content (AvgIpc) is 3.59. The van der Waals surface area contributed by atoms with E-state index in [-0.39, 0.29) is 11.5 Å². The molecule has 37 heavy (non-hydrogen) atoms. The lowest BCUT2D eigenvalue weighted by Crippen LogP contribution is -2.40. The highest BCUT2D eigenvalue weighted by Crippen LogP contribution is 2.38. The minimum absolute atomic E-state index is 0.216. The number of aryl methyl sites for hydroxylation is 1. The van der Waals surface area contributed by atoms with Gasteiger partial charge in [0.05, 0.1) is 17.5 Å². The number of furan rings is 1. The van der Waals surface area contributed by atoms with Crippen LogP contribution >= 0.6 is 15.9 Å². The summed E-state index contributed by atoms with van der Waals surface area (Å²) in [5, 5.41) is 2.41. The summed E-state index contributed by atoms with van der Waals surface area (Å²) in [6.45, 7) is 1.90. The van der Waals surface area contributed by atoms with Crippen molar-refractivity contribution >= 4 is 38.4 Å². The summed E-state index contributed by atoms with van der Waals surface area (Å²) in [7, 11) is 0. The highest BCUT2D eigenvalue weighted by atomic mass is 79.9. The van der Waals surface area contributed by atoms with Crippen molar-refractivity contribution in [3.8, 4) is 11.1 Å². The van der Waals surface area contributed by atoms with E-state index in [1.54, 1.807) is 18.4 Å². The van der Waals surface area contributed by atoms with E-state index in [9.17, 15) is 9.59 Å². The number of fused-ring (bicyclic) bond motifs is 1. The Kier molecular flexibility index (Phi) is 5.77. The minimum Gasteiger partial charge on any atom is -0.467 e. The van der Waals surface area contributed by atoms with Gasteiger partial charge in [0.15, 0.2) is 0 Å². The van der Waals surface area contributed by atoms with Gasteiger partial charge in [-0.3, -0.25) is 15.0 Å². The zero-order valence-corrected chi connectivity index (χ0v) is 21.5. The molecule has 1 amide bonds. The number of H-pyrrole nitrogens is 1. The zero-order valence-electron chi connectivity index (χ0n) is 19.9. The molecule has 0 saturated heterocycles. The molecule has 7 heteroatoms. The summed E-state index contributed by atoms with van der Waals surface area (Å²) in [5.41, 5.74) is 7.82. The molecule has 0 saturated carbocycles. The number of amides is 1. The van der Waals surface area contributed by atoms with E-state index in [4.69, 9.17) is 4.42 Å². The number of nitrogens with one attached hydrogen (secondary N) is 2. The largest absolute Gasteiger partial charge is 0.467 e. The van der Waals surface area contributed by atoms with Crippen LogP contribution in [0.1, 0.15) is 33.3 Å². The van der Waals surface area contributed by atoms with Crippen LogP contribution in [0.25, 0.3) is 27.7 Å². The zero-order chi connectivity index (χ0) is 25.5. The van der Waals surface area contributed by atoms with Gasteiger partial charge in [0.2, 0.25) is 0 Å². The third-order valence-electron chi connectivity index (χ3n) is 6.58. The summed E-state index contributed by atoms with van der Waals surface area (Å²) in [5.74, 6) is 0.373. The van der Waals surface area contributed by atoms with Crippen molar-refractivity contribution in [1.82, 2.24) is 15.4 Å². The lowest BCUT2D eigenvalue weighted by Gasteiger charge is -2.25. The number of pyridine rings is 1. The second kappa shape index (κ2) is 9.26. The molecular weight excluding hydrogens is 530 g/mol. The van der Waals surface area contributed by atoms with Crippen LogP contribution in [-0.4, -0.2) is 15.9 Å². The van der Waals surface area contributed by atoms with Crippen molar-refractivity contribution in [1.29, 1.82) is 0 Å². The predicted molar refractivity (Wildman–Crippen MR) is 148 cm³/mol. The molecule has 0 fully saturated rings. The van der Waals surface area contributed by atoms with E-state index in [0.717, 1.165) is 32.1 Å². The Morgan fingerprint density at radius 2 is 1.73 bits per heavy atom. The Labute approximate surface area is 221 Å². The number of nitrogens with zero attached hydrogens (tertiary/aromatic N) is 1. The standard InChI is InChI=1S/C30H22BrN3O3/c1-18-8-5-6-11-21(18)30(36)34-25(26-12-7-15-37-26)17-24(33-34)28-27(19-9-3-2-4-10-19)22-16-20(31)13-14-23(22)32-29(28)35/h2-17,25,33H,1H3,(H,32,35)/t25-/m1/s1. The molecule has 1 atom stereocenters. The molecule has 6 rings (SSSR count). The van der Waals surface area contributed by atoms with Crippen molar-refractivity contribution in [3.05, 3.63) is 135 Å². The topological polar surface area (TPSA) is 78.3 Å². The fourth-order valence-electron chi connectivity index (χ4n) is 4.82. The van der Waals surface area contributed by atoms with Crippen LogP contribution < -0.4 is 11.0 Å². The molecular formula is C30H22BrN3O3. The molecule has 3 heterocycles. The summed E-state index contributed by atoms with van der Waals surface area (Å²) < 4.78 is 6.61. The van der Waals surface area contributed by atoms with Crippen LogP contribution in [0.3, 0.4) is 0 Å². The van der Waals surface area contributed by atoms with Gasteiger partial charge in [-0.2, -0.15) is 0 Å². The van der Waals surface area contributed by atoms with Gasteiger partial charge in [-0.25, -0.2) is 5.01 Å². The molecule has 5 aromatic rings. The van der Waals surface area contributed by atoms with Gasteiger partial charge in [-0.1, -0.05) is 64.5 Å². The fourth-order valence-corrected chi connectivity index (χ4v) is 5.18. The van der Waals surface area contributed by atoms with Crippen LogP contribution in [0.4, 0.5) is 0 Å². The van der Waals surface area contributed by atoms with Gasteiger partial charge < -0.3 is 9.40 Å². The molecule has 2 N–H and O–H groups in total. The Hall–Kier alpha value is -4.36. The number of rotatable bonds is 4. The normalized spacial score (nSPS) is 15.0. The maximum absolute atomic E-state index is 13.7. The summed E-state index contributed by atoms with van der Waals surface area (Å²) >= 11 is 3.58. The third kappa shape index (κ3) is 4.07. The molecule has 2 aromatic heterocycles. The molecule has 3 aromatic carbocycles. The first kappa shape index (κ1) is 23.1. The predicted octanol–water partition coefficient (Wildman–Crippen LogP) is 6.60.